The van der Waals surface area contributed by atoms with Crippen LogP contribution >= 0.6 is 0 Å². The van der Waals surface area contributed by atoms with E-state index in [0.717, 1.165) is 19.2 Å². The first-order chi connectivity index (χ1) is 8.33. The number of rotatable bonds is 7. The molecule has 3 N–H and O–H groups in total. The van der Waals surface area contributed by atoms with Crippen molar-refractivity contribution in [3.05, 3.63) is 12.7 Å². The van der Waals surface area contributed by atoms with Gasteiger partial charge in [-0.05, 0) is 25.6 Å². The minimum Gasteiger partial charge on any atom is -0.334 e. The molecule has 0 fully saturated rings. The summed E-state index contributed by atoms with van der Waals surface area (Å²) in [6.07, 6.45) is 1.67. The van der Waals surface area contributed by atoms with E-state index < -0.39 is 21.4 Å². The predicted molar refractivity (Wildman–Crippen MR) is 72.8 cm³/mol. The Hall–Kier alpha value is -0.920. The maximum atomic E-state index is 10.7. The molecule has 0 aromatic rings. The van der Waals surface area contributed by atoms with Crippen LogP contribution in [-0.2, 0) is 14.9 Å². The van der Waals surface area contributed by atoms with Crippen LogP contribution in [0.4, 0.5) is 0 Å². The number of amides is 1. The second-order valence-electron chi connectivity index (χ2n) is 3.46. The van der Waals surface area contributed by atoms with Crippen molar-refractivity contribution in [1.82, 2.24) is 10.6 Å². The van der Waals surface area contributed by atoms with Gasteiger partial charge in [-0.1, -0.05) is 33.8 Å². The Labute approximate surface area is 110 Å². The molecule has 7 heteroatoms. The van der Waals surface area contributed by atoms with Gasteiger partial charge in [0.05, 0.1) is 0 Å². The molecular formula is C11H24N2O4S. The van der Waals surface area contributed by atoms with Crippen LogP contribution in [-0.4, -0.2) is 37.3 Å². The van der Waals surface area contributed by atoms with Crippen molar-refractivity contribution in [2.75, 3.05) is 13.1 Å². The highest BCUT2D eigenvalue weighted by molar-refractivity contribution is 7.86. The highest BCUT2D eigenvalue weighted by Crippen LogP contribution is 2.03. The Morgan fingerprint density at radius 2 is 1.83 bits per heavy atom. The van der Waals surface area contributed by atoms with E-state index in [9.17, 15) is 13.2 Å². The first-order valence-corrected chi connectivity index (χ1v) is 7.43. The summed E-state index contributed by atoms with van der Waals surface area (Å²) >= 11 is 0. The van der Waals surface area contributed by atoms with Crippen LogP contribution in [0, 0.1) is 0 Å². The summed E-state index contributed by atoms with van der Waals surface area (Å²) in [5, 5.41) is 3.99. The summed E-state index contributed by atoms with van der Waals surface area (Å²) in [6.45, 7) is 11.3. The summed E-state index contributed by atoms with van der Waals surface area (Å²) in [4.78, 5) is 10.7. The lowest BCUT2D eigenvalue weighted by atomic mass is 10.3. The van der Waals surface area contributed by atoms with E-state index in [4.69, 9.17) is 4.55 Å². The molecule has 0 heterocycles. The number of hydrogen-bond acceptors (Lipinski definition) is 4. The average molecular weight is 280 g/mol. The molecule has 0 rings (SSSR count). The monoisotopic (exact) mass is 280 g/mol. The Balaban J connectivity index is 0. The smallest absolute Gasteiger partial charge is 0.286 e. The van der Waals surface area contributed by atoms with Gasteiger partial charge in [0.1, 0.15) is 0 Å². The van der Waals surface area contributed by atoms with E-state index in [1.165, 1.54) is 0 Å². The first-order valence-electron chi connectivity index (χ1n) is 5.93. The Morgan fingerprint density at radius 3 is 2.06 bits per heavy atom. The van der Waals surface area contributed by atoms with Gasteiger partial charge in [0, 0.05) is 0 Å². The molecule has 0 aliphatic heterocycles. The minimum atomic E-state index is -4.21. The van der Waals surface area contributed by atoms with E-state index in [-0.39, 0.29) is 6.42 Å². The van der Waals surface area contributed by atoms with Crippen molar-refractivity contribution in [2.45, 2.75) is 39.0 Å². The third-order valence-electron chi connectivity index (χ3n) is 1.90. The molecule has 1 amide bonds. The average Bonchev–Trinajstić information content (AvgIpc) is 2.29. The van der Waals surface area contributed by atoms with Crippen LogP contribution in [0.3, 0.4) is 0 Å². The maximum absolute atomic E-state index is 10.7. The summed E-state index contributed by atoms with van der Waals surface area (Å²) in [5.74, 6) is -0.615. The summed E-state index contributed by atoms with van der Waals surface area (Å²) in [5.41, 5.74) is 0. The standard InChI is InChI=1S/C7H13NO4S.C4H11N/c1-3-5-7(13(10,11)12)8-6(9)4-2;1-3-5-4-2/h4,7H,2-3,5H2,1H3,(H,8,9)(H,10,11,12);5H,3-4H2,1-2H3. The molecule has 0 saturated heterocycles. The molecule has 0 aliphatic carbocycles. The fourth-order valence-corrected chi connectivity index (χ4v) is 1.82. The van der Waals surface area contributed by atoms with Gasteiger partial charge < -0.3 is 10.6 Å². The van der Waals surface area contributed by atoms with Crippen molar-refractivity contribution in [2.24, 2.45) is 0 Å². The van der Waals surface area contributed by atoms with Gasteiger partial charge in [-0.2, -0.15) is 8.42 Å². The maximum Gasteiger partial charge on any atom is 0.286 e. The van der Waals surface area contributed by atoms with Crippen LogP contribution in [0.1, 0.15) is 33.6 Å². The van der Waals surface area contributed by atoms with Gasteiger partial charge in [0.25, 0.3) is 10.1 Å². The number of hydrogen-bond donors (Lipinski definition) is 3. The lowest BCUT2D eigenvalue weighted by Crippen LogP contribution is -2.39. The van der Waals surface area contributed by atoms with Crippen molar-refractivity contribution in [3.63, 3.8) is 0 Å². The van der Waals surface area contributed by atoms with Gasteiger partial charge in [0.15, 0.2) is 5.37 Å². The SMILES string of the molecule is C=CC(=O)NC(CCC)S(=O)(=O)O.CCNCC. The lowest BCUT2D eigenvalue weighted by molar-refractivity contribution is -0.116. The molecule has 6 nitrogen and oxygen atoms in total. The van der Waals surface area contributed by atoms with E-state index >= 15 is 0 Å². The van der Waals surface area contributed by atoms with Crippen LogP contribution in [0.15, 0.2) is 12.7 Å². The quantitative estimate of drug-likeness (QED) is 0.476. The van der Waals surface area contributed by atoms with Crippen LogP contribution in [0.25, 0.3) is 0 Å². The number of carbonyl (C=O) groups excluding carboxylic acids is 1. The molecule has 0 aliphatic rings. The van der Waals surface area contributed by atoms with Gasteiger partial charge in [-0.15, -0.1) is 0 Å². The summed E-state index contributed by atoms with van der Waals surface area (Å²) < 4.78 is 30.0. The molecule has 0 aromatic carbocycles. The van der Waals surface area contributed by atoms with Crippen LogP contribution in [0.5, 0.6) is 0 Å². The number of nitrogens with one attached hydrogen (secondary N) is 2. The van der Waals surface area contributed by atoms with Gasteiger partial charge >= 0.3 is 0 Å². The topological polar surface area (TPSA) is 95.5 Å². The Morgan fingerprint density at radius 1 is 1.33 bits per heavy atom. The van der Waals surface area contributed by atoms with Crippen LogP contribution < -0.4 is 10.6 Å². The fourth-order valence-electron chi connectivity index (χ4n) is 1.03. The molecule has 0 radical (unpaired) electrons. The predicted octanol–water partition coefficient (Wildman–Crippen LogP) is 0.918. The van der Waals surface area contributed by atoms with Gasteiger partial charge in [-0.3, -0.25) is 9.35 Å². The molecule has 0 aromatic heterocycles. The van der Waals surface area contributed by atoms with Crippen LogP contribution in [0.2, 0.25) is 0 Å². The largest absolute Gasteiger partial charge is 0.334 e. The molecule has 0 spiro atoms. The molecule has 1 atom stereocenters. The van der Waals surface area contributed by atoms with E-state index in [1.807, 2.05) is 0 Å². The van der Waals surface area contributed by atoms with E-state index in [2.05, 4.69) is 31.1 Å². The minimum absolute atomic E-state index is 0.179. The normalized spacial score (nSPS) is 12.0. The molecule has 18 heavy (non-hydrogen) atoms. The van der Waals surface area contributed by atoms with Crippen molar-refractivity contribution in [3.8, 4) is 0 Å². The molecule has 0 bridgehead atoms. The third kappa shape index (κ3) is 11.6. The zero-order valence-electron chi connectivity index (χ0n) is 11.3. The Bertz CT molecular complexity index is 326. The molecule has 1 unspecified atom stereocenters. The lowest BCUT2D eigenvalue weighted by Gasteiger charge is -2.12. The van der Waals surface area contributed by atoms with Crippen molar-refractivity contribution in [1.29, 1.82) is 0 Å². The number of carbonyl (C=O) groups is 1. The summed E-state index contributed by atoms with van der Waals surface area (Å²) in [6, 6.07) is 0. The van der Waals surface area contributed by atoms with Crippen molar-refractivity contribution < 1.29 is 17.8 Å². The summed E-state index contributed by atoms with van der Waals surface area (Å²) in [7, 11) is -4.21. The second-order valence-corrected chi connectivity index (χ2v) is 5.06. The fraction of sp³-hybridized carbons (Fsp3) is 0.727. The van der Waals surface area contributed by atoms with Gasteiger partial charge in [-0.25, -0.2) is 0 Å². The van der Waals surface area contributed by atoms with E-state index in [0.29, 0.717) is 6.42 Å². The van der Waals surface area contributed by atoms with E-state index in [1.54, 1.807) is 6.92 Å². The Kier molecular flexibility index (Phi) is 12.1. The second kappa shape index (κ2) is 11.2. The zero-order chi connectivity index (χ0) is 14.6. The molecular weight excluding hydrogens is 256 g/mol. The van der Waals surface area contributed by atoms with Gasteiger partial charge in [0.2, 0.25) is 5.91 Å². The highest BCUT2D eigenvalue weighted by Gasteiger charge is 2.22. The molecule has 108 valence electrons. The zero-order valence-corrected chi connectivity index (χ0v) is 12.1. The third-order valence-corrected chi connectivity index (χ3v) is 2.97. The molecule has 0 saturated carbocycles. The highest BCUT2D eigenvalue weighted by atomic mass is 32.2. The first kappa shape index (κ1) is 19.4. The van der Waals surface area contributed by atoms with Crippen molar-refractivity contribution >= 4 is 16.0 Å².